The molecule has 10 heteroatoms. The maximum Gasteiger partial charge on any atom is 0.329 e. The molecule has 2 aromatic carbocycles. The zero-order chi connectivity index (χ0) is 19.8. The van der Waals surface area contributed by atoms with Gasteiger partial charge < -0.3 is 14.8 Å². The molecule has 0 spiro atoms. The highest BCUT2D eigenvalue weighted by molar-refractivity contribution is 6.39. The molecule has 0 atom stereocenters. The van der Waals surface area contributed by atoms with E-state index in [1.165, 1.54) is 38.5 Å². The summed E-state index contributed by atoms with van der Waals surface area (Å²) >= 11 is 0. The number of anilines is 1. The minimum atomic E-state index is -1.05. The first-order chi connectivity index (χ1) is 13.0. The third-order valence-corrected chi connectivity index (χ3v) is 3.37. The fourth-order valence-electron chi connectivity index (χ4n) is 2.06. The second-order valence-corrected chi connectivity index (χ2v) is 5.04. The number of rotatable bonds is 6. The highest BCUT2D eigenvalue weighted by Gasteiger charge is 2.16. The number of carbonyl (C=O) groups excluding carboxylic acids is 2. The van der Waals surface area contributed by atoms with Crippen molar-refractivity contribution >= 4 is 29.4 Å². The molecular weight excluding hydrogens is 356 g/mol. The molecule has 0 aliphatic carbocycles. The first-order valence-corrected chi connectivity index (χ1v) is 7.56. The Morgan fingerprint density at radius 1 is 1.11 bits per heavy atom. The van der Waals surface area contributed by atoms with Gasteiger partial charge in [0.15, 0.2) is 0 Å². The Labute approximate surface area is 153 Å². The van der Waals surface area contributed by atoms with Gasteiger partial charge in [0.2, 0.25) is 0 Å². The van der Waals surface area contributed by atoms with Gasteiger partial charge in [0, 0.05) is 12.1 Å². The minimum Gasteiger partial charge on any atom is -0.497 e. The normalized spacial score (nSPS) is 10.3. The number of amides is 2. The maximum absolute atomic E-state index is 12.0. The average molecular weight is 372 g/mol. The molecule has 2 N–H and O–H groups in total. The molecule has 0 bridgehead atoms. The summed E-state index contributed by atoms with van der Waals surface area (Å²) < 4.78 is 10.2. The lowest BCUT2D eigenvalue weighted by Gasteiger charge is -2.10. The number of benzene rings is 2. The van der Waals surface area contributed by atoms with Gasteiger partial charge in [-0.25, -0.2) is 5.43 Å². The highest BCUT2D eigenvalue weighted by Crippen LogP contribution is 2.28. The van der Waals surface area contributed by atoms with E-state index >= 15 is 0 Å². The summed E-state index contributed by atoms with van der Waals surface area (Å²) in [5.41, 5.74) is 2.28. The number of hydrogen-bond donors (Lipinski definition) is 2. The van der Waals surface area contributed by atoms with E-state index in [4.69, 9.17) is 9.47 Å². The summed E-state index contributed by atoms with van der Waals surface area (Å²) in [4.78, 5) is 34.1. The maximum atomic E-state index is 12.0. The van der Waals surface area contributed by atoms with E-state index in [1.807, 2.05) is 5.43 Å². The minimum absolute atomic E-state index is 0.178. The molecule has 27 heavy (non-hydrogen) atoms. The molecule has 2 aromatic rings. The predicted octanol–water partition coefficient (Wildman–Crippen LogP) is 1.70. The van der Waals surface area contributed by atoms with Crippen LogP contribution < -0.4 is 20.2 Å². The largest absolute Gasteiger partial charge is 0.497 e. The molecule has 0 heterocycles. The number of nitro groups is 1. The topological polar surface area (TPSA) is 132 Å². The van der Waals surface area contributed by atoms with E-state index in [-0.39, 0.29) is 16.9 Å². The Morgan fingerprint density at radius 2 is 1.85 bits per heavy atom. The van der Waals surface area contributed by atoms with E-state index < -0.39 is 16.7 Å². The van der Waals surface area contributed by atoms with Gasteiger partial charge in [-0.3, -0.25) is 19.7 Å². The third-order valence-electron chi connectivity index (χ3n) is 3.37. The van der Waals surface area contributed by atoms with Gasteiger partial charge in [-0.05, 0) is 18.2 Å². The van der Waals surface area contributed by atoms with Crippen molar-refractivity contribution < 1.29 is 24.0 Å². The van der Waals surface area contributed by atoms with Crippen LogP contribution in [0, 0.1) is 10.1 Å². The van der Waals surface area contributed by atoms with Crippen LogP contribution in [0.2, 0.25) is 0 Å². The lowest BCUT2D eigenvalue weighted by Crippen LogP contribution is -2.32. The van der Waals surface area contributed by atoms with Gasteiger partial charge in [-0.1, -0.05) is 12.1 Å². The zero-order valence-corrected chi connectivity index (χ0v) is 14.5. The third kappa shape index (κ3) is 5.01. The van der Waals surface area contributed by atoms with Crippen LogP contribution in [0.1, 0.15) is 5.56 Å². The molecule has 140 valence electrons. The Morgan fingerprint density at radius 3 is 2.52 bits per heavy atom. The number of hydrazone groups is 1. The molecule has 0 unspecified atom stereocenters. The number of nitrogens with zero attached hydrogens (tertiary/aromatic N) is 2. The van der Waals surface area contributed by atoms with Crippen molar-refractivity contribution in [3.05, 3.63) is 58.1 Å². The summed E-state index contributed by atoms with van der Waals surface area (Å²) in [5.74, 6) is -1.22. The van der Waals surface area contributed by atoms with E-state index in [9.17, 15) is 19.7 Å². The van der Waals surface area contributed by atoms with Crippen molar-refractivity contribution in [3.8, 4) is 11.5 Å². The molecule has 2 rings (SSSR count). The molecule has 0 saturated heterocycles. The molecular formula is C17H16N4O6. The van der Waals surface area contributed by atoms with Crippen LogP contribution in [0.3, 0.4) is 0 Å². The Bertz CT molecular complexity index is 897. The Kier molecular flexibility index (Phi) is 6.42. The molecule has 0 aromatic heterocycles. The monoisotopic (exact) mass is 372 g/mol. The molecule has 0 aliphatic heterocycles. The molecule has 0 aliphatic rings. The summed E-state index contributed by atoms with van der Waals surface area (Å²) in [6.45, 7) is 0. The second-order valence-electron chi connectivity index (χ2n) is 5.04. The van der Waals surface area contributed by atoms with Gasteiger partial charge in [-0.2, -0.15) is 5.10 Å². The van der Waals surface area contributed by atoms with Crippen molar-refractivity contribution in [2.24, 2.45) is 5.10 Å². The van der Waals surface area contributed by atoms with Crippen molar-refractivity contribution in [1.82, 2.24) is 5.43 Å². The van der Waals surface area contributed by atoms with E-state index in [0.29, 0.717) is 11.5 Å². The van der Waals surface area contributed by atoms with Crippen LogP contribution in [-0.2, 0) is 9.59 Å². The van der Waals surface area contributed by atoms with Crippen LogP contribution in [-0.4, -0.2) is 37.2 Å². The standard InChI is InChI=1S/C17H16N4O6/c1-26-12-7-8-13(15(9-12)27-2)19-16(22)17(23)20-18-10-11-5-3-4-6-14(11)21(24)25/h3-10H,1-2H3,(H,19,22)(H,20,23). The van der Waals surface area contributed by atoms with Gasteiger partial charge in [-0.15, -0.1) is 0 Å². The van der Waals surface area contributed by atoms with Crippen LogP contribution in [0.5, 0.6) is 11.5 Å². The summed E-state index contributed by atoms with van der Waals surface area (Å²) in [7, 11) is 2.89. The van der Waals surface area contributed by atoms with Gasteiger partial charge >= 0.3 is 11.8 Å². The van der Waals surface area contributed by atoms with Crippen molar-refractivity contribution in [2.75, 3.05) is 19.5 Å². The smallest absolute Gasteiger partial charge is 0.329 e. The van der Waals surface area contributed by atoms with E-state index in [0.717, 1.165) is 6.21 Å². The number of nitrogens with one attached hydrogen (secondary N) is 2. The number of para-hydroxylation sites is 1. The SMILES string of the molecule is COc1ccc(NC(=O)C(=O)NN=Cc2ccccc2[N+](=O)[O-])c(OC)c1. The van der Waals surface area contributed by atoms with Crippen LogP contribution >= 0.6 is 0 Å². The molecule has 10 nitrogen and oxygen atoms in total. The zero-order valence-electron chi connectivity index (χ0n) is 14.5. The molecule has 2 amide bonds. The Balaban J connectivity index is 2.03. The number of methoxy groups -OCH3 is 2. The summed E-state index contributed by atoms with van der Waals surface area (Å²) in [5, 5.41) is 16.9. The molecule has 0 saturated carbocycles. The van der Waals surface area contributed by atoms with Crippen molar-refractivity contribution in [1.29, 1.82) is 0 Å². The number of hydrogen-bond acceptors (Lipinski definition) is 7. The second kappa shape index (κ2) is 8.94. The first-order valence-electron chi connectivity index (χ1n) is 7.56. The summed E-state index contributed by atoms with van der Waals surface area (Å²) in [6.07, 6.45) is 1.08. The number of carbonyl (C=O) groups is 2. The Hall–Kier alpha value is -3.95. The summed E-state index contributed by atoms with van der Waals surface area (Å²) in [6, 6.07) is 10.5. The predicted molar refractivity (Wildman–Crippen MR) is 97.0 cm³/mol. The lowest BCUT2D eigenvalue weighted by atomic mass is 10.2. The van der Waals surface area contributed by atoms with Crippen molar-refractivity contribution in [2.45, 2.75) is 0 Å². The average Bonchev–Trinajstić information content (AvgIpc) is 2.68. The van der Waals surface area contributed by atoms with E-state index in [2.05, 4.69) is 10.4 Å². The van der Waals surface area contributed by atoms with Gasteiger partial charge in [0.1, 0.15) is 11.5 Å². The quantitative estimate of drug-likeness (QED) is 0.343. The van der Waals surface area contributed by atoms with E-state index in [1.54, 1.807) is 18.2 Å². The van der Waals surface area contributed by atoms with Crippen LogP contribution in [0.25, 0.3) is 0 Å². The number of nitro benzene ring substituents is 1. The number of ether oxygens (including phenoxy) is 2. The van der Waals surface area contributed by atoms with Crippen molar-refractivity contribution in [3.63, 3.8) is 0 Å². The first kappa shape index (κ1) is 19.4. The van der Waals surface area contributed by atoms with Crippen LogP contribution in [0.15, 0.2) is 47.6 Å². The fraction of sp³-hybridized carbons (Fsp3) is 0.118. The molecule has 0 fully saturated rings. The van der Waals surface area contributed by atoms with Gasteiger partial charge in [0.25, 0.3) is 5.69 Å². The van der Waals surface area contributed by atoms with Gasteiger partial charge in [0.05, 0.1) is 36.6 Å². The lowest BCUT2D eigenvalue weighted by molar-refractivity contribution is -0.385. The molecule has 0 radical (unpaired) electrons. The van der Waals surface area contributed by atoms with Crippen LogP contribution in [0.4, 0.5) is 11.4 Å². The fourth-order valence-corrected chi connectivity index (χ4v) is 2.06. The highest BCUT2D eigenvalue weighted by atomic mass is 16.6.